The van der Waals surface area contributed by atoms with Crippen molar-refractivity contribution in [2.45, 2.75) is 46.3 Å². The van der Waals surface area contributed by atoms with Crippen molar-refractivity contribution in [1.29, 1.82) is 0 Å². The van der Waals surface area contributed by atoms with Crippen LogP contribution in [0.4, 0.5) is 10.5 Å². The molecule has 1 N–H and O–H groups in total. The second-order valence-electron chi connectivity index (χ2n) is 6.56. The minimum Gasteiger partial charge on any atom is -0.368 e. The Hall–Kier alpha value is -2.41. The fraction of sp³-hybridized carbons (Fsp3) is 0.500. The first kappa shape index (κ1) is 17.4. The molecule has 2 amide bonds. The van der Waals surface area contributed by atoms with E-state index in [1.165, 1.54) is 0 Å². The van der Waals surface area contributed by atoms with Gasteiger partial charge in [0.25, 0.3) is 0 Å². The first-order valence-corrected chi connectivity index (χ1v) is 8.54. The Labute approximate surface area is 147 Å². The number of carbonyl (C=O) groups is 1. The van der Waals surface area contributed by atoms with Crippen LogP contribution < -0.4 is 5.32 Å². The first-order chi connectivity index (χ1) is 12.0. The predicted molar refractivity (Wildman–Crippen MR) is 93.4 cm³/mol. The van der Waals surface area contributed by atoms with Crippen LogP contribution in [0.25, 0.3) is 0 Å². The van der Waals surface area contributed by atoms with Crippen molar-refractivity contribution in [3.05, 3.63) is 41.0 Å². The summed E-state index contributed by atoms with van der Waals surface area (Å²) in [6.07, 6.45) is 1.82. The lowest BCUT2D eigenvalue weighted by Crippen LogP contribution is -2.45. The number of amides is 2. The maximum atomic E-state index is 12.5. The molecule has 1 aromatic carbocycles. The van der Waals surface area contributed by atoms with Crippen LogP contribution >= 0.6 is 0 Å². The van der Waals surface area contributed by atoms with Crippen LogP contribution in [0.5, 0.6) is 0 Å². The number of hydrogen-bond donors (Lipinski definition) is 1. The van der Waals surface area contributed by atoms with E-state index in [-0.39, 0.29) is 12.1 Å². The number of urea groups is 1. The number of likely N-dealkylation sites (tertiary alicyclic amines) is 1. The summed E-state index contributed by atoms with van der Waals surface area (Å²) in [6.45, 7) is 7.39. The van der Waals surface area contributed by atoms with E-state index in [1.54, 1.807) is 11.8 Å². The summed E-state index contributed by atoms with van der Waals surface area (Å²) < 4.78 is 10.8. The second kappa shape index (κ2) is 7.65. The van der Waals surface area contributed by atoms with Gasteiger partial charge in [0.15, 0.2) is 5.82 Å². The fourth-order valence-electron chi connectivity index (χ4n) is 3.10. The molecule has 1 unspecified atom stereocenters. The molecule has 1 atom stereocenters. The van der Waals surface area contributed by atoms with E-state index < -0.39 is 0 Å². The van der Waals surface area contributed by atoms with Gasteiger partial charge in [0, 0.05) is 25.7 Å². The van der Waals surface area contributed by atoms with Gasteiger partial charge in [0.1, 0.15) is 6.61 Å². The summed E-state index contributed by atoms with van der Waals surface area (Å²) in [5.74, 6) is 1.06. The molecule has 7 nitrogen and oxygen atoms in total. The van der Waals surface area contributed by atoms with Crippen LogP contribution in [-0.2, 0) is 11.3 Å². The third-order valence-corrected chi connectivity index (χ3v) is 4.16. The normalized spacial score (nSPS) is 17.6. The van der Waals surface area contributed by atoms with Crippen molar-refractivity contribution >= 4 is 11.7 Å². The third-order valence-electron chi connectivity index (χ3n) is 4.16. The molecule has 1 fully saturated rings. The van der Waals surface area contributed by atoms with Crippen molar-refractivity contribution in [3.8, 4) is 0 Å². The Morgan fingerprint density at radius 2 is 2.08 bits per heavy atom. The molecule has 2 aromatic rings. The van der Waals surface area contributed by atoms with E-state index in [0.29, 0.717) is 24.9 Å². The van der Waals surface area contributed by atoms with E-state index in [2.05, 4.69) is 21.5 Å². The predicted octanol–water partition coefficient (Wildman–Crippen LogP) is 3.21. The lowest BCUT2D eigenvalue weighted by atomic mass is 10.1. The molecule has 1 saturated heterocycles. The number of benzene rings is 1. The van der Waals surface area contributed by atoms with E-state index >= 15 is 0 Å². The molecule has 2 heterocycles. The number of anilines is 1. The number of carbonyl (C=O) groups excluding carboxylic acids is 1. The van der Waals surface area contributed by atoms with Crippen LogP contribution in [0.2, 0.25) is 0 Å². The standard InChI is InChI=1S/C18H24N4O3/c1-12-7-13(2)9-15(8-12)20-18(23)22-6-4-5-16(10-22)24-11-17-19-14(3)25-21-17/h7-9,16H,4-6,10-11H2,1-3H3,(H,20,23). The lowest BCUT2D eigenvalue weighted by molar-refractivity contribution is -0.00242. The van der Waals surface area contributed by atoms with Gasteiger partial charge < -0.3 is 19.5 Å². The van der Waals surface area contributed by atoms with Gasteiger partial charge in [0.2, 0.25) is 5.89 Å². The van der Waals surface area contributed by atoms with Crippen molar-refractivity contribution < 1.29 is 14.1 Å². The number of nitrogens with zero attached hydrogens (tertiary/aromatic N) is 3. The van der Waals surface area contributed by atoms with E-state index in [1.807, 2.05) is 26.0 Å². The minimum absolute atomic E-state index is 0.0162. The molecule has 0 radical (unpaired) electrons. The van der Waals surface area contributed by atoms with Crippen molar-refractivity contribution in [2.75, 3.05) is 18.4 Å². The van der Waals surface area contributed by atoms with Crippen LogP contribution in [0.3, 0.4) is 0 Å². The zero-order chi connectivity index (χ0) is 17.8. The van der Waals surface area contributed by atoms with Crippen LogP contribution in [0.1, 0.15) is 35.7 Å². The van der Waals surface area contributed by atoms with Gasteiger partial charge in [-0.2, -0.15) is 4.98 Å². The van der Waals surface area contributed by atoms with Crippen molar-refractivity contribution in [2.24, 2.45) is 0 Å². The SMILES string of the molecule is Cc1cc(C)cc(NC(=O)N2CCCC(OCc3noc(C)n3)C2)c1. The topological polar surface area (TPSA) is 80.5 Å². The Morgan fingerprint density at radius 1 is 1.32 bits per heavy atom. The zero-order valence-corrected chi connectivity index (χ0v) is 14.9. The summed E-state index contributed by atoms with van der Waals surface area (Å²) in [7, 11) is 0. The molecule has 25 heavy (non-hydrogen) atoms. The Kier molecular flexibility index (Phi) is 5.33. The maximum absolute atomic E-state index is 12.5. The summed E-state index contributed by atoms with van der Waals surface area (Å²) in [5, 5.41) is 6.81. The molecule has 7 heteroatoms. The molecule has 3 rings (SSSR count). The summed E-state index contributed by atoms with van der Waals surface area (Å²) in [4.78, 5) is 18.5. The van der Waals surface area contributed by atoms with Crippen molar-refractivity contribution in [1.82, 2.24) is 15.0 Å². The highest BCUT2D eigenvalue weighted by atomic mass is 16.5. The largest absolute Gasteiger partial charge is 0.368 e. The smallest absolute Gasteiger partial charge is 0.321 e. The lowest BCUT2D eigenvalue weighted by Gasteiger charge is -2.32. The van der Waals surface area contributed by atoms with Crippen LogP contribution in [-0.4, -0.2) is 40.3 Å². The fourth-order valence-corrected chi connectivity index (χ4v) is 3.10. The molecule has 0 aliphatic carbocycles. The summed E-state index contributed by atoms with van der Waals surface area (Å²) in [6, 6.07) is 5.94. The molecule has 0 spiro atoms. The highest BCUT2D eigenvalue weighted by Gasteiger charge is 2.24. The summed E-state index contributed by atoms with van der Waals surface area (Å²) in [5.41, 5.74) is 3.09. The Bertz CT molecular complexity index is 723. The average Bonchev–Trinajstić information content (AvgIpc) is 2.98. The number of piperidine rings is 1. The number of hydrogen-bond acceptors (Lipinski definition) is 5. The molecule has 1 aromatic heterocycles. The third kappa shape index (κ3) is 4.79. The monoisotopic (exact) mass is 344 g/mol. The van der Waals surface area contributed by atoms with Gasteiger partial charge in [-0.15, -0.1) is 0 Å². The first-order valence-electron chi connectivity index (χ1n) is 8.54. The van der Waals surface area contributed by atoms with E-state index in [4.69, 9.17) is 9.26 Å². The molecule has 0 saturated carbocycles. The van der Waals surface area contributed by atoms with Gasteiger partial charge in [0.05, 0.1) is 6.10 Å². The zero-order valence-electron chi connectivity index (χ0n) is 14.9. The van der Waals surface area contributed by atoms with Crippen molar-refractivity contribution in [3.63, 3.8) is 0 Å². The Morgan fingerprint density at radius 3 is 2.76 bits per heavy atom. The van der Waals surface area contributed by atoms with Crippen LogP contribution in [0, 0.1) is 20.8 Å². The molecule has 1 aliphatic rings. The Balaban J connectivity index is 1.54. The molecule has 134 valence electrons. The molecular weight excluding hydrogens is 320 g/mol. The maximum Gasteiger partial charge on any atom is 0.321 e. The molecule has 1 aliphatic heterocycles. The average molecular weight is 344 g/mol. The van der Waals surface area contributed by atoms with Gasteiger partial charge >= 0.3 is 6.03 Å². The highest BCUT2D eigenvalue weighted by molar-refractivity contribution is 5.89. The number of ether oxygens (including phenoxy) is 1. The van der Waals surface area contributed by atoms with E-state index in [0.717, 1.165) is 36.2 Å². The van der Waals surface area contributed by atoms with Gasteiger partial charge in [-0.25, -0.2) is 4.79 Å². The highest BCUT2D eigenvalue weighted by Crippen LogP contribution is 2.18. The van der Waals surface area contributed by atoms with Gasteiger partial charge in [-0.3, -0.25) is 0 Å². The molecular formula is C18H24N4O3. The number of nitrogens with one attached hydrogen (secondary N) is 1. The quantitative estimate of drug-likeness (QED) is 0.921. The molecule has 0 bridgehead atoms. The van der Waals surface area contributed by atoms with Gasteiger partial charge in [-0.1, -0.05) is 11.2 Å². The number of aryl methyl sites for hydroxylation is 3. The number of aromatic nitrogens is 2. The van der Waals surface area contributed by atoms with E-state index in [9.17, 15) is 4.79 Å². The van der Waals surface area contributed by atoms with Crippen LogP contribution in [0.15, 0.2) is 22.7 Å². The number of rotatable bonds is 4. The summed E-state index contributed by atoms with van der Waals surface area (Å²) >= 11 is 0. The minimum atomic E-state index is -0.0892. The van der Waals surface area contributed by atoms with Gasteiger partial charge in [-0.05, 0) is 49.9 Å². The second-order valence-corrected chi connectivity index (χ2v) is 6.56.